The number of rotatable bonds is 5. The molecule has 2 rings (SSSR count). The van der Waals surface area contributed by atoms with Crippen molar-refractivity contribution in [3.63, 3.8) is 0 Å². The molecule has 0 bridgehead atoms. The lowest BCUT2D eigenvalue weighted by molar-refractivity contribution is -0.118. The van der Waals surface area contributed by atoms with Gasteiger partial charge in [0.2, 0.25) is 0 Å². The quantitative estimate of drug-likeness (QED) is 0.571. The largest absolute Gasteiger partial charge is 0.306 e. The van der Waals surface area contributed by atoms with Gasteiger partial charge in [0, 0.05) is 18.5 Å². The fourth-order valence-electron chi connectivity index (χ4n) is 4.03. The summed E-state index contributed by atoms with van der Waals surface area (Å²) < 4.78 is 0. The minimum absolute atomic E-state index is 0.0449. The molecule has 0 unspecified atom stereocenters. The third kappa shape index (κ3) is 4.56. The molecule has 1 saturated heterocycles. The number of aldehydes is 1. The molecular weight excluding hydrogens is 248 g/mol. The molecule has 2 aliphatic rings. The van der Waals surface area contributed by atoms with Gasteiger partial charge in [-0.2, -0.15) is 0 Å². The molecule has 3 heteroatoms. The first-order valence-corrected chi connectivity index (χ1v) is 8.47. The van der Waals surface area contributed by atoms with Crippen LogP contribution in [0.15, 0.2) is 0 Å². The van der Waals surface area contributed by atoms with Gasteiger partial charge in [-0.25, -0.2) is 0 Å². The van der Waals surface area contributed by atoms with E-state index < -0.39 is 0 Å². The van der Waals surface area contributed by atoms with E-state index in [9.17, 15) is 4.79 Å². The zero-order chi connectivity index (χ0) is 14.4. The summed E-state index contributed by atoms with van der Waals surface area (Å²) in [5.41, 5.74) is -0.0449. The summed E-state index contributed by atoms with van der Waals surface area (Å²) in [7, 11) is 4.43. The highest BCUT2D eigenvalue weighted by Gasteiger charge is 2.32. The Balaban J connectivity index is 1.82. The summed E-state index contributed by atoms with van der Waals surface area (Å²) in [6.07, 6.45) is 11.2. The summed E-state index contributed by atoms with van der Waals surface area (Å²) in [5, 5.41) is 0. The van der Waals surface area contributed by atoms with Crippen LogP contribution in [0.5, 0.6) is 0 Å². The van der Waals surface area contributed by atoms with Crippen molar-refractivity contribution in [1.29, 1.82) is 0 Å². The van der Waals surface area contributed by atoms with Crippen LogP contribution in [0.3, 0.4) is 0 Å². The molecule has 1 heterocycles. The zero-order valence-electron chi connectivity index (χ0n) is 13.4. The van der Waals surface area contributed by atoms with Crippen LogP contribution in [0.4, 0.5) is 0 Å². The summed E-state index contributed by atoms with van der Waals surface area (Å²) >= 11 is 0. The topological polar surface area (TPSA) is 23.6 Å². The molecule has 0 aromatic carbocycles. The smallest absolute Gasteiger partial charge is 0.127 e. The zero-order valence-corrected chi connectivity index (χ0v) is 13.4. The molecule has 0 radical (unpaired) electrons. The van der Waals surface area contributed by atoms with Gasteiger partial charge in [-0.05, 0) is 58.8 Å². The number of carbonyl (C=O) groups is 1. The fraction of sp³-hybridized carbons (Fsp3) is 0.941. The average Bonchev–Trinajstić information content (AvgIpc) is 2.67. The molecule has 0 N–H and O–H groups in total. The standard InChI is InChI=1S/C17H32N2O/c1-18-11-7-16(8-12-18)13-19(2)14-17(15-20)9-5-3-4-6-10-17/h15-16H,3-14H2,1-2H3. The maximum atomic E-state index is 11.7. The lowest BCUT2D eigenvalue weighted by Crippen LogP contribution is -2.41. The fourth-order valence-corrected chi connectivity index (χ4v) is 4.03. The van der Waals surface area contributed by atoms with E-state index in [1.54, 1.807) is 0 Å². The maximum Gasteiger partial charge on any atom is 0.127 e. The van der Waals surface area contributed by atoms with Gasteiger partial charge in [0.05, 0.1) is 0 Å². The van der Waals surface area contributed by atoms with Crippen molar-refractivity contribution in [1.82, 2.24) is 9.80 Å². The molecule has 1 aliphatic heterocycles. The van der Waals surface area contributed by atoms with Crippen molar-refractivity contribution in [2.24, 2.45) is 11.3 Å². The van der Waals surface area contributed by atoms with E-state index in [0.29, 0.717) is 0 Å². The van der Waals surface area contributed by atoms with Crippen LogP contribution < -0.4 is 0 Å². The molecule has 0 aromatic heterocycles. The van der Waals surface area contributed by atoms with Crippen LogP contribution in [0.2, 0.25) is 0 Å². The van der Waals surface area contributed by atoms with Crippen molar-refractivity contribution >= 4 is 6.29 Å². The van der Waals surface area contributed by atoms with E-state index in [1.165, 1.54) is 64.4 Å². The molecule has 3 nitrogen and oxygen atoms in total. The molecule has 0 atom stereocenters. The first kappa shape index (κ1) is 16.0. The van der Waals surface area contributed by atoms with Crippen molar-refractivity contribution < 1.29 is 4.79 Å². The Kier molecular flexibility index (Phi) is 6.03. The first-order chi connectivity index (χ1) is 9.63. The second-order valence-electron chi connectivity index (χ2n) is 7.34. The van der Waals surface area contributed by atoms with Crippen LogP contribution in [-0.2, 0) is 4.79 Å². The van der Waals surface area contributed by atoms with Crippen molar-refractivity contribution in [3.05, 3.63) is 0 Å². The molecule has 2 fully saturated rings. The van der Waals surface area contributed by atoms with Crippen LogP contribution in [0.25, 0.3) is 0 Å². The Labute approximate surface area is 124 Å². The Morgan fingerprint density at radius 3 is 2.30 bits per heavy atom. The van der Waals surface area contributed by atoms with Crippen molar-refractivity contribution in [3.8, 4) is 0 Å². The monoisotopic (exact) mass is 280 g/mol. The lowest BCUT2D eigenvalue weighted by Gasteiger charge is -2.35. The number of nitrogens with zero attached hydrogens (tertiary/aromatic N) is 2. The van der Waals surface area contributed by atoms with Crippen molar-refractivity contribution in [2.75, 3.05) is 40.3 Å². The highest BCUT2D eigenvalue weighted by Crippen LogP contribution is 2.34. The van der Waals surface area contributed by atoms with E-state index in [-0.39, 0.29) is 5.41 Å². The predicted octanol–water partition coefficient (Wildman–Crippen LogP) is 2.80. The molecule has 0 spiro atoms. The maximum absolute atomic E-state index is 11.7. The summed E-state index contributed by atoms with van der Waals surface area (Å²) in [6, 6.07) is 0. The predicted molar refractivity (Wildman–Crippen MR) is 83.9 cm³/mol. The molecular formula is C17H32N2O. The highest BCUT2D eigenvalue weighted by molar-refractivity contribution is 5.59. The number of piperidine rings is 1. The number of hydrogen-bond acceptors (Lipinski definition) is 3. The summed E-state index contributed by atoms with van der Waals surface area (Å²) in [4.78, 5) is 16.5. The van der Waals surface area contributed by atoms with Gasteiger partial charge in [-0.1, -0.05) is 25.7 Å². The Hall–Kier alpha value is -0.410. The highest BCUT2D eigenvalue weighted by atomic mass is 16.1. The van der Waals surface area contributed by atoms with Crippen LogP contribution in [0.1, 0.15) is 51.4 Å². The Bertz CT molecular complexity index is 289. The molecule has 0 aromatic rings. The number of hydrogen-bond donors (Lipinski definition) is 0. The lowest BCUT2D eigenvalue weighted by atomic mass is 9.81. The Morgan fingerprint density at radius 2 is 1.75 bits per heavy atom. The molecule has 116 valence electrons. The van der Waals surface area contributed by atoms with Gasteiger partial charge >= 0.3 is 0 Å². The third-order valence-corrected chi connectivity index (χ3v) is 5.34. The van der Waals surface area contributed by atoms with Gasteiger partial charge in [-0.3, -0.25) is 0 Å². The van der Waals surface area contributed by atoms with Crippen LogP contribution in [-0.4, -0.2) is 56.4 Å². The SMILES string of the molecule is CN1CCC(CN(C)CC2(C=O)CCCCCC2)CC1. The number of likely N-dealkylation sites (tertiary alicyclic amines) is 1. The molecule has 1 aliphatic carbocycles. The van der Waals surface area contributed by atoms with E-state index >= 15 is 0 Å². The van der Waals surface area contributed by atoms with E-state index in [4.69, 9.17) is 0 Å². The van der Waals surface area contributed by atoms with E-state index in [1.807, 2.05) is 0 Å². The second-order valence-corrected chi connectivity index (χ2v) is 7.34. The number of carbonyl (C=O) groups excluding carboxylic acids is 1. The van der Waals surface area contributed by atoms with Crippen LogP contribution >= 0.6 is 0 Å². The van der Waals surface area contributed by atoms with Gasteiger partial charge in [0.15, 0.2) is 0 Å². The second kappa shape index (κ2) is 7.56. The summed E-state index contributed by atoms with van der Waals surface area (Å²) in [5.74, 6) is 0.825. The van der Waals surface area contributed by atoms with E-state index in [2.05, 4.69) is 23.9 Å². The third-order valence-electron chi connectivity index (χ3n) is 5.34. The minimum atomic E-state index is -0.0449. The molecule has 1 saturated carbocycles. The van der Waals surface area contributed by atoms with Gasteiger partial charge in [0.25, 0.3) is 0 Å². The van der Waals surface area contributed by atoms with E-state index in [0.717, 1.165) is 25.3 Å². The minimum Gasteiger partial charge on any atom is -0.306 e. The van der Waals surface area contributed by atoms with Gasteiger partial charge < -0.3 is 14.6 Å². The normalized spacial score (nSPS) is 25.6. The molecule has 20 heavy (non-hydrogen) atoms. The summed E-state index contributed by atoms with van der Waals surface area (Å²) in [6.45, 7) is 4.61. The van der Waals surface area contributed by atoms with Crippen LogP contribution in [0, 0.1) is 11.3 Å². The molecule has 0 amide bonds. The Morgan fingerprint density at radius 1 is 1.15 bits per heavy atom. The van der Waals surface area contributed by atoms with Crippen molar-refractivity contribution in [2.45, 2.75) is 51.4 Å². The van der Waals surface area contributed by atoms with Gasteiger partial charge in [-0.15, -0.1) is 0 Å². The average molecular weight is 280 g/mol. The first-order valence-electron chi connectivity index (χ1n) is 8.47. The van der Waals surface area contributed by atoms with Gasteiger partial charge in [0.1, 0.15) is 6.29 Å².